The third kappa shape index (κ3) is 4.17. The van der Waals surface area contributed by atoms with Gasteiger partial charge in [-0.2, -0.15) is 0 Å². The van der Waals surface area contributed by atoms with Crippen LogP contribution in [0.5, 0.6) is 0 Å². The lowest BCUT2D eigenvalue weighted by molar-refractivity contribution is -0.104. The molecular weight excluding hydrogens is 344 g/mol. The van der Waals surface area contributed by atoms with E-state index >= 15 is 0 Å². The molecule has 0 amide bonds. The molecule has 4 heteroatoms. The summed E-state index contributed by atoms with van der Waals surface area (Å²) in [6.45, 7) is 4.92. The Kier molecular flexibility index (Phi) is 6.58. The predicted molar refractivity (Wildman–Crippen MR) is 93.0 cm³/mol. The molecule has 2 aromatic carbocycles. The maximum Gasteiger partial charge on any atom is 0.177 e. The molecule has 118 valence electrons. The van der Waals surface area contributed by atoms with Crippen LogP contribution in [0, 0.1) is 0 Å². The van der Waals surface area contributed by atoms with E-state index in [0.717, 1.165) is 16.3 Å². The number of hydrogen-bond acceptors (Lipinski definition) is 3. The van der Waals surface area contributed by atoms with Gasteiger partial charge < -0.3 is 14.6 Å². The van der Waals surface area contributed by atoms with Gasteiger partial charge in [-0.1, -0.05) is 58.4 Å². The molecule has 1 unspecified atom stereocenters. The lowest BCUT2D eigenvalue weighted by Gasteiger charge is -2.17. The highest BCUT2D eigenvalue weighted by Crippen LogP contribution is 2.32. The van der Waals surface area contributed by atoms with E-state index < -0.39 is 12.4 Å². The van der Waals surface area contributed by atoms with Gasteiger partial charge >= 0.3 is 0 Å². The predicted octanol–water partition coefficient (Wildman–Crippen LogP) is 4.55. The molecule has 0 fully saturated rings. The molecule has 0 aliphatic rings. The van der Waals surface area contributed by atoms with E-state index in [0.29, 0.717) is 17.7 Å². The summed E-state index contributed by atoms with van der Waals surface area (Å²) in [7, 11) is 0. The lowest BCUT2D eigenvalue weighted by atomic mass is 10.00. The van der Waals surface area contributed by atoms with Gasteiger partial charge in [0.05, 0.1) is 0 Å². The average molecular weight is 365 g/mol. The summed E-state index contributed by atoms with van der Waals surface area (Å²) < 4.78 is 11.6. The molecule has 1 N–H and O–H groups in total. The number of ether oxygens (including phenoxy) is 2. The van der Waals surface area contributed by atoms with Gasteiger partial charge in [-0.05, 0) is 36.3 Å². The number of aliphatic hydroxyl groups is 1. The number of fused-ring (bicyclic) bond motifs is 1. The first-order valence-corrected chi connectivity index (χ1v) is 8.22. The first-order chi connectivity index (χ1) is 10.7. The summed E-state index contributed by atoms with van der Waals surface area (Å²) >= 11 is 3.46. The van der Waals surface area contributed by atoms with E-state index in [1.165, 1.54) is 0 Å². The van der Waals surface area contributed by atoms with Gasteiger partial charge in [0.15, 0.2) is 6.29 Å². The molecule has 0 radical (unpaired) electrons. The molecule has 0 heterocycles. The molecule has 0 aliphatic carbocycles. The zero-order chi connectivity index (χ0) is 15.9. The molecule has 3 nitrogen and oxygen atoms in total. The summed E-state index contributed by atoms with van der Waals surface area (Å²) in [5.41, 5.74) is 0.855. The highest BCUT2D eigenvalue weighted by Gasteiger charge is 2.16. The first-order valence-electron chi connectivity index (χ1n) is 7.43. The van der Waals surface area contributed by atoms with Crippen molar-refractivity contribution >= 4 is 26.7 Å². The normalized spacial score (nSPS) is 13.8. The molecule has 0 aliphatic heterocycles. The fraction of sp³-hybridized carbons (Fsp3) is 0.333. The standard InChI is InChI=1S/C18H21BrO3/c1-3-21-17(22-4-2)12-16(19)18(20)15-11-7-9-13-8-5-6-10-14(13)15/h5-12,17-18,20H,3-4H2,1-2H3/b16-12+. The number of benzene rings is 2. The van der Waals surface area contributed by atoms with Crippen LogP contribution in [0.25, 0.3) is 10.8 Å². The van der Waals surface area contributed by atoms with Crippen LogP contribution in [-0.2, 0) is 9.47 Å². The monoisotopic (exact) mass is 364 g/mol. The number of aliphatic hydroxyl groups excluding tert-OH is 1. The van der Waals surface area contributed by atoms with Crippen molar-refractivity contribution in [1.29, 1.82) is 0 Å². The molecule has 1 atom stereocenters. The van der Waals surface area contributed by atoms with Crippen molar-refractivity contribution in [3.8, 4) is 0 Å². The van der Waals surface area contributed by atoms with Crippen LogP contribution in [0.2, 0.25) is 0 Å². The molecule has 0 aromatic heterocycles. The SMILES string of the molecule is CCOC(/C=C(/Br)C(O)c1cccc2ccccc12)OCC. The minimum atomic E-state index is -0.755. The number of halogens is 1. The summed E-state index contributed by atoms with van der Waals surface area (Å²) in [5.74, 6) is 0. The summed E-state index contributed by atoms with van der Waals surface area (Å²) in [6.07, 6.45) is 0.544. The first kappa shape index (κ1) is 17.2. The minimum Gasteiger partial charge on any atom is -0.383 e. The maximum absolute atomic E-state index is 10.6. The Morgan fingerprint density at radius 2 is 1.73 bits per heavy atom. The Balaban J connectivity index is 2.30. The average Bonchev–Trinajstić information content (AvgIpc) is 2.54. The van der Waals surface area contributed by atoms with Crippen LogP contribution in [0.4, 0.5) is 0 Å². The molecule has 0 bridgehead atoms. The largest absolute Gasteiger partial charge is 0.383 e. The highest BCUT2D eigenvalue weighted by molar-refractivity contribution is 9.11. The smallest absolute Gasteiger partial charge is 0.177 e. The maximum atomic E-state index is 10.6. The molecule has 0 saturated carbocycles. The van der Waals surface area contributed by atoms with Crippen molar-refractivity contribution in [2.75, 3.05) is 13.2 Å². The third-order valence-corrected chi connectivity index (χ3v) is 4.03. The molecule has 2 aromatic rings. The van der Waals surface area contributed by atoms with Gasteiger partial charge in [-0.15, -0.1) is 0 Å². The molecule has 22 heavy (non-hydrogen) atoms. The second-order valence-electron chi connectivity index (χ2n) is 4.80. The van der Waals surface area contributed by atoms with E-state index in [1.807, 2.05) is 56.3 Å². The van der Waals surface area contributed by atoms with Crippen molar-refractivity contribution in [2.45, 2.75) is 26.2 Å². The van der Waals surface area contributed by atoms with Gasteiger partial charge in [0.2, 0.25) is 0 Å². The van der Waals surface area contributed by atoms with Gasteiger partial charge in [0.1, 0.15) is 6.10 Å². The number of hydrogen-bond donors (Lipinski definition) is 1. The van der Waals surface area contributed by atoms with Gasteiger partial charge in [-0.3, -0.25) is 0 Å². The highest BCUT2D eigenvalue weighted by atomic mass is 79.9. The van der Waals surface area contributed by atoms with Crippen LogP contribution >= 0.6 is 15.9 Å². The van der Waals surface area contributed by atoms with Crippen LogP contribution in [-0.4, -0.2) is 24.6 Å². The van der Waals surface area contributed by atoms with E-state index in [2.05, 4.69) is 15.9 Å². The van der Waals surface area contributed by atoms with Crippen LogP contribution in [0.1, 0.15) is 25.5 Å². The van der Waals surface area contributed by atoms with Crippen molar-refractivity contribution in [3.05, 3.63) is 58.6 Å². The van der Waals surface area contributed by atoms with Crippen LogP contribution in [0.3, 0.4) is 0 Å². The minimum absolute atomic E-state index is 0.464. The molecular formula is C18H21BrO3. The van der Waals surface area contributed by atoms with Gasteiger partial charge in [0.25, 0.3) is 0 Å². The summed E-state index contributed by atoms with van der Waals surface area (Å²) in [6, 6.07) is 13.9. The Hall–Kier alpha value is -1.20. The topological polar surface area (TPSA) is 38.7 Å². The Bertz CT molecular complexity index is 628. The fourth-order valence-corrected chi connectivity index (χ4v) is 2.79. The fourth-order valence-electron chi connectivity index (χ4n) is 2.33. The van der Waals surface area contributed by atoms with Crippen molar-refractivity contribution in [3.63, 3.8) is 0 Å². The number of rotatable bonds is 7. The van der Waals surface area contributed by atoms with Crippen molar-refractivity contribution in [1.82, 2.24) is 0 Å². The molecule has 0 spiro atoms. The lowest BCUT2D eigenvalue weighted by Crippen LogP contribution is -2.15. The van der Waals surface area contributed by atoms with Crippen molar-refractivity contribution < 1.29 is 14.6 Å². The summed E-state index contributed by atoms with van der Waals surface area (Å²) in [4.78, 5) is 0. The summed E-state index contributed by atoms with van der Waals surface area (Å²) in [5, 5.41) is 12.8. The molecule has 0 saturated heterocycles. The van der Waals surface area contributed by atoms with Crippen LogP contribution < -0.4 is 0 Å². The third-order valence-electron chi connectivity index (χ3n) is 3.34. The Morgan fingerprint density at radius 1 is 1.09 bits per heavy atom. The Labute approximate surface area is 139 Å². The van der Waals surface area contributed by atoms with Crippen LogP contribution in [0.15, 0.2) is 53.0 Å². The van der Waals surface area contributed by atoms with E-state index in [1.54, 1.807) is 6.08 Å². The van der Waals surface area contributed by atoms with E-state index in [4.69, 9.17) is 9.47 Å². The second-order valence-corrected chi connectivity index (χ2v) is 5.72. The second kappa shape index (κ2) is 8.44. The zero-order valence-electron chi connectivity index (χ0n) is 12.8. The molecule has 2 rings (SSSR count). The quantitative estimate of drug-likeness (QED) is 0.732. The van der Waals surface area contributed by atoms with E-state index in [9.17, 15) is 5.11 Å². The Morgan fingerprint density at radius 3 is 2.41 bits per heavy atom. The van der Waals surface area contributed by atoms with Gasteiger partial charge in [0, 0.05) is 17.7 Å². The van der Waals surface area contributed by atoms with Crippen molar-refractivity contribution in [2.24, 2.45) is 0 Å². The van der Waals surface area contributed by atoms with Gasteiger partial charge in [-0.25, -0.2) is 0 Å². The van der Waals surface area contributed by atoms with E-state index in [-0.39, 0.29) is 0 Å². The zero-order valence-corrected chi connectivity index (χ0v) is 14.4.